The number of phenols is 1. The summed E-state index contributed by atoms with van der Waals surface area (Å²) < 4.78 is 37.4. The monoisotopic (exact) mass is 258 g/mol. The second kappa shape index (κ2) is 5.12. The number of hydrogen-bond acceptors (Lipinski definition) is 3. The van der Waals surface area contributed by atoms with Crippen molar-refractivity contribution in [3.8, 4) is 5.75 Å². The van der Waals surface area contributed by atoms with E-state index in [1.165, 1.54) is 18.2 Å². The Bertz CT molecular complexity index is 505. The molecule has 0 saturated carbocycles. The number of benzene rings is 1. The van der Waals surface area contributed by atoms with Gasteiger partial charge in [0.25, 0.3) is 0 Å². The maximum absolute atomic E-state index is 12.5. The smallest absolute Gasteiger partial charge is 0.432 e. The molecule has 3 N–H and O–H groups in total. The number of hydrogen-bond donors (Lipinski definition) is 2. The quantitative estimate of drug-likeness (QED) is 0.801. The number of nitrogens with zero attached hydrogens (tertiary/aromatic N) is 1. The molecule has 0 atom stereocenters. The number of aryl methyl sites for hydroxylation is 1. The molecular formula is C12H13F3N2O. The van der Waals surface area contributed by atoms with Gasteiger partial charge in [-0.15, -0.1) is 0 Å². The van der Waals surface area contributed by atoms with Gasteiger partial charge in [-0.2, -0.15) is 13.2 Å². The van der Waals surface area contributed by atoms with Crippen LogP contribution in [-0.4, -0.2) is 24.0 Å². The maximum atomic E-state index is 12.5. The predicted molar refractivity (Wildman–Crippen MR) is 64.4 cm³/mol. The van der Waals surface area contributed by atoms with Gasteiger partial charge in [0, 0.05) is 12.7 Å². The van der Waals surface area contributed by atoms with Gasteiger partial charge in [-0.1, -0.05) is 0 Å². The van der Waals surface area contributed by atoms with Crippen molar-refractivity contribution < 1.29 is 18.3 Å². The normalized spacial score (nSPS) is 13.8. The van der Waals surface area contributed by atoms with Crippen molar-refractivity contribution in [1.29, 1.82) is 0 Å². The molecule has 0 aliphatic heterocycles. The van der Waals surface area contributed by atoms with Gasteiger partial charge in [0.2, 0.25) is 0 Å². The van der Waals surface area contributed by atoms with Gasteiger partial charge in [0.05, 0.1) is 0 Å². The molecule has 1 aromatic carbocycles. The molecule has 0 spiro atoms. The summed E-state index contributed by atoms with van der Waals surface area (Å²) >= 11 is 0. The molecule has 0 bridgehead atoms. The van der Waals surface area contributed by atoms with Crippen LogP contribution in [0.2, 0.25) is 0 Å². The summed E-state index contributed by atoms with van der Waals surface area (Å²) in [7, 11) is 1.05. The zero-order valence-corrected chi connectivity index (χ0v) is 9.92. The molecule has 0 aliphatic carbocycles. The Morgan fingerprint density at radius 2 is 2.00 bits per heavy atom. The largest absolute Gasteiger partial charge is 0.508 e. The van der Waals surface area contributed by atoms with E-state index in [1.54, 1.807) is 6.92 Å². The predicted octanol–water partition coefficient (Wildman–Crippen LogP) is 2.63. The van der Waals surface area contributed by atoms with Crippen LogP contribution in [0.25, 0.3) is 5.70 Å². The molecular weight excluding hydrogens is 245 g/mol. The van der Waals surface area contributed by atoms with E-state index in [2.05, 4.69) is 4.99 Å². The summed E-state index contributed by atoms with van der Waals surface area (Å²) in [6.45, 7) is 1.63. The molecule has 6 heteroatoms. The van der Waals surface area contributed by atoms with Crippen LogP contribution in [0.15, 0.2) is 29.3 Å². The van der Waals surface area contributed by atoms with Gasteiger partial charge in [0.1, 0.15) is 11.5 Å². The highest BCUT2D eigenvalue weighted by Crippen LogP contribution is 2.23. The van der Waals surface area contributed by atoms with Crippen LogP contribution in [0.1, 0.15) is 11.1 Å². The van der Waals surface area contributed by atoms with E-state index < -0.39 is 11.9 Å². The number of phenolic OH excluding ortho intramolecular Hbond substituents is 1. The van der Waals surface area contributed by atoms with E-state index in [4.69, 9.17) is 5.73 Å². The average Bonchev–Trinajstić information content (AvgIpc) is 2.27. The fraction of sp³-hybridized carbons (Fsp3) is 0.250. The van der Waals surface area contributed by atoms with E-state index in [9.17, 15) is 18.3 Å². The Hall–Kier alpha value is -1.98. The average molecular weight is 258 g/mol. The molecule has 0 aliphatic rings. The molecule has 1 aromatic rings. The zero-order chi connectivity index (χ0) is 13.9. The van der Waals surface area contributed by atoms with Gasteiger partial charge in [-0.3, -0.25) is 4.99 Å². The Morgan fingerprint density at radius 3 is 2.44 bits per heavy atom. The van der Waals surface area contributed by atoms with E-state index in [0.717, 1.165) is 13.1 Å². The minimum absolute atomic E-state index is 0.0592. The van der Waals surface area contributed by atoms with Crippen LogP contribution in [0.4, 0.5) is 13.2 Å². The lowest BCUT2D eigenvalue weighted by atomic mass is 10.1. The summed E-state index contributed by atoms with van der Waals surface area (Å²) in [6.07, 6.45) is -3.77. The summed E-state index contributed by atoms with van der Waals surface area (Å²) in [6, 6.07) is 4.32. The van der Waals surface area contributed by atoms with Gasteiger partial charge < -0.3 is 10.8 Å². The third kappa shape index (κ3) is 3.26. The molecule has 18 heavy (non-hydrogen) atoms. The number of aromatic hydroxyl groups is 1. The van der Waals surface area contributed by atoms with Crippen molar-refractivity contribution in [3.63, 3.8) is 0 Å². The number of aliphatic imine (C=N–C) groups is 1. The topological polar surface area (TPSA) is 58.6 Å². The zero-order valence-electron chi connectivity index (χ0n) is 9.92. The molecule has 1 rings (SSSR count). The van der Waals surface area contributed by atoms with Crippen LogP contribution in [-0.2, 0) is 0 Å². The molecule has 98 valence electrons. The first-order valence-electron chi connectivity index (χ1n) is 5.07. The van der Waals surface area contributed by atoms with Crippen molar-refractivity contribution in [2.24, 2.45) is 10.7 Å². The fourth-order valence-electron chi connectivity index (χ4n) is 1.34. The highest BCUT2D eigenvalue weighted by atomic mass is 19.4. The summed E-state index contributed by atoms with van der Waals surface area (Å²) in [4.78, 5) is 3.15. The van der Waals surface area contributed by atoms with Crippen molar-refractivity contribution in [1.82, 2.24) is 0 Å². The molecule has 0 unspecified atom stereocenters. The van der Waals surface area contributed by atoms with E-state index in [1.807, 2.05) is 0 Å². The second-order valence-electron chi connectivity index (χ2n) is 3.71. The SMILES string of the molecule is CN=C(C=C(N)c1ccc(O)c(C)c1)C(F)(F)F. The fourth-order valence-corrected chi connectivity index (χ4v) is 1.34. The molecule has 0 heterocycles. The number of rotatable bonds is 2. The van der Waals surface area contributed by atoms with E-state index in [-0.39, 0.29) is 11.4 Å². The van der Waals surface area contributed by atoms with Crippen LogP contribution < -0.4 is 5.73 Å². The summed E-state index contributed by atoms with van der Waals surface area (Å²) in [5, 5.41) is 9.32. The Balaban J connectivity index is 3.13. The van der Waals surface area contributed by atoms with E-state index >= 15 is 0 Å². The second-order valence-corrected chi connectivity index (χ2v) is 3.71. The van der Waals surface area contributed by atoms with Crippen LogP contribution in [0.5, 0.6) is 5.75 Å². The van der Waals surface area contributed by atoms with Gasteiger partial charge >= 0.3 is 6.18 Å². The van der Waals surface area contributed by atoms with Gasteiger partial charge in [-0.25, -0.2) is 0 Å². The lowest BCUT2D eigenvalue weighted by molar-refractivity contribution is -0.0577. The Labute approximate surface area is 102 Å². The molecule has 0 radical (unpaired) electrons. The Kier molecular flexibility index (Phi) is 4.00. The van der Waals surface area contributed by atoms with Crippen molar-refractivity contribution in [2.45, 2.75) is 13.1 Å². The molecule has 0 saturated heterocycles. The number of halogens is 3. The highest BCUT2D eigenvalue weighted by molar-refractivity contribution is 6.04. The molecule has 0 fully saturated rings. The van der Waals surface area contributed by atoms with E-state index in [0.29, 0.717) is 11.1 Å². The number of nitrogens with two attached hydrogens (primary N) is 1. The number of alkyl halides is 3. The van der Waals surface area contributed by atoms with Crippen LogP contribution in [0, 0.1) is 6.92 Å². The Morgan fingerprint density at radius 1 is 1.39 bits per heavy atom. The van der Waals surface area contributed by atoms with Crippen molar-refractivity contribution >= 4 is 11.4 Å². The van der Waals surface area contributed by atoms with Gasteiger partial charge in [-0.05, 0) is 42.3 Å². The number of allylic oxidation sites excluding steroid dienone is 1. The summed E-state index contributed by atoms with van der Waals surface area (Å²) in [5.41, 5.74) is 5.41. The van der Waals surface area contributed by atoms with Gasteiger partial charge in [0.15, 0.2) is 0 Å². The first kappa shape index (κ1) is 14.1. The minimum Gasteiger partial charge on any atom is -0.508 e. The third-order valence-electron chi connectivity index (χ3n) is 2.35. The molecule has 0 amide bonds. The van der Waals surface area contributed by atoms with Crippen molar-refractivity contribution in [2.75, 3.05) is 7.05 Å². The summed E-state index contributed by atoms with van der Waals surface area (Å²) in [5.74, 6) is 0.0618. The third-order valence-corrected chi connectivity index (χ3v) is 2.35. The maximum Gasteiger partial charge on any atom is 0.432 e. The highest BCUT2D eigenvalue weighted by Gasteiger charge is 2.33. The van der Waals surface area contributed by atoms with Crippen LogP contribution in [0.3, 0.4) is 0 Å². The lowest BCUT2D eigenvalue weighted by Gasteiger charge is -2.08. The molecule has 0 aromatic heterocycles. The standard InChI is InChI=1S/C12H13F3N2O/c1-7-5-8(3-4-10(7)18)9(16)6-11(17-2)12(13,14)15/h3-6,18H,16H2,1-2H3. The lowest BCUT2D eigenvalue weighted by Crippen LogP contribution is -2.21. The van der Waals surface area contributed by atoms with Crippen molar-refractivity contribution in [3.05, 3.63) is 35.4 Å². The minimum atomic E-state index is -4.54. The first-order valence-corrected chi connectivity index (χ1v) is 5.07. The first-order chi connectivity index (χ1) is 8.25. The van der Waals surface area contributed by atoms with Crippen LogP contribution >= 0.6 is 0 Å². The molecule has 3 nitrogen and oxygen atoms in total.